The van der Waals surface area contributed by atoms with Gasteiger partial charge in [-0.15, -0.1) is 12.4 Å². The molecule has 1 saturated heterocycles. The maximum Gasteiger partial charge on any atom is 0.224 e. The second-order valence-corrected chi connectivity index (χ2v) is 6.79. The molecule has 134 valence electrons. The molecule has 24 heavy (non-hydrogen) atoms. The van der Waals surface area contributed by atoms with Gasteiger partial charge in [-0.05, 0) is 31.0 Å². The van der Waals surface area contributed by atoms with Crippen LogP contribution in [0.4, 0.5) is 0 Å². The molecule has 1 aliphatic heterocycles. The molecule has 0 aliphatic carbocycles. The van der Waals surface area contributed by atoms with Crippen LogP contribution in [0.5, 0.6) is 0 Å². The van der Waals surface area contributed by atoms with Crippen LogP contribution < -0.4 is 10.6 Å². The molecular formula is C17H25BrClN3O2. The van der Waals surface area contributed by atoms with Crippen molar-refractivity contribution in [1.29, 1.82) is 0 Å². The van der Waals surface area contributed by atoms with Gasteiger partial charge in [0.05, 0.1) is 0 Å². The van der Waals surface area contributed by atoms with E-state index in [1.807, 2.05) is 24.3 Å². The Morgan fingerprint density at radius 2 is 2.12 bits per heavy atom. The summed E-state index contributed by atoms with van der Waals surface area (Å²) in [5.74, 6) is 0.0469. The van der Waals surface area contributed by atoms with Crippen molar-refractivity contribution in [3.05, 3.63) is 34.3 Å². The Hall–Kier alpha value is -1.11. The monoisotopic (exact) mass is 417 g/mol. The number of amides is 2. The van der Waals surface area contributed by atoms with Crippen LogP contribution in [0.2, 0.25) is 0 Å². The van der Waals surface area contributed by atoms with Gasteiger partial charge in [0.25, 0.3) is 0 Å². The van der Waals surface area contributed by atoms with Gasteiger partial charge in [0, 0.05) is 43.5 Å². The topological polar surface area (TPSA) is 61.4 Å². The zero-order valence-corrected chi connectivity index (χ0v) is 16.3. The minimum Gasteiger partial charge on any atom is -0.356 e. The van der Waals surface area contributed by atoms with E-state index >= 15 is 0 Å². The fourth-order valence-electron chi connectivity index (χ4n) is 2.70. The van der Waals surface area contributed by atoms with Gasteiger partial charge in [-0.2, -0.15) is 0 Å². The molecule has 1 aromatic carbocycles. The summed E-state index contributed by atoms with van der Waals surface area (Å²) in [7, 11) is 1.78. The van der Waals surface area contributed by atoms with E-state index in [2.05, 4.69) is 26.6 Å². The second kappa shape index (κ2) is 10.7. The first kappa shape index (κ1) is 20.9. The average Bonchev–Trinajstić information content (AvgIpc) is 3.02. The van der Waals surface area contributed by atoms with Crippen molar-refractivity contribution in [2.24, 2.45) is 0 Å². The molecule has 1 fully saturated rings. The summed E-state index contributed by atoms with van der Waals surface area (Å²) in [6.07, 6.45) is 3.02. The Morgan fingerprint density at radius 1 is 1.38 bits per heavy atom. The number of carbonyl (C=O) groups is 2. The molecule has 0 saturated carbocycles. The molecule has 1 heterocycles. The molecule has 5 nitrogen and oxygen atoms in total. The number of hydrogen-bond acceptors (Lipinski definition) is 3. The highest BCUT2D eigenvalue weighted by atomic mass is 79.9. The summed E-state index contributed by atoms with van der Waals surface area (Å²) >= 11 is 3.49. The number of nitrogens with one attached hydrogen (secondary N) is 2. The molecule has 2 rings (SSSR count). The Morgan fingerprint density at radius 3 is 2.79 bits per heavy atom. The predicted octanol–water partition coefficient (Wildman–Crippen LogP) is 2.48. The quantitative estimate of drug-likeness (QED) is 0.715. The van der Waals surface area contributed by atoms with Gasteiger partial charge < -0.3 is 15.5 Å². The maximum atomic E-state index is 12.1. The number of halogens is 2. The molecule has 0 spiro atoms. The zero-order chi connectivity index (χ0) is 16.7. The van der Waals surface area contributed by atoms with Crippen LogP contribution in [0.15, 0.2) is 28.7 Å². The van der Waals surface area contributed by atoms with E-state index in [0.29, 0.717) is 32.0 Å². The van der Waals surface area contributed by atoms with Crippen LogP contribution >= 0.6 is 28.3 Å². The molecule has 1 aromatic rings. The molecule has 1 atom stereocenters. The lowest BCUT2D eigenvalue weighted by atomic mass is 10.1. The highest BCUT2D eigenvalue weighted by Gasteiger charge is 2.17. The van der Waals surface area contributed by atoms with Crippen LogP contribution in [0, 0.1) is 0 Å². The van der Waals surface area contributed by atoms with Crippen LogP contribution in [0.25, 0.3) is 0 Å². The van der Waals surface area contributed by atoms with Gasteiger partial charge in [-0.3, -0.25) is 9.59 Å². The molecular weight excluding hydrogens is 394 g/mol. The van der Waals surface area contributed by atoms with E-state index in [0.717, 1.165) is 29.4 Å². The van der Waals surface area contributed by atoms with Gasteiger partial charge in [0.1, 0.15) is 0 Å². The fraction of sp³-hybridized carbons (Fsp3) is 0.529. The first-order chi connectivity index (χ1) is 11.1. The third-order valence-corrected chi connectivity index (χ3v) is 4.82. The van der Waals surface area contributed by atoms with Gasteiger partial charge in [-0.25, -0.2) is 0 Å². The van der Waals surface area contributed by atoms with Gasteiger partial charge >= 0.3 is 0 Å². The molecule has 0 aromatic heterocycles. The lowest BCUT2D eigenvalue weighted by Gasteiger charge is -2.18. The number of rotatable bonds is 7. The summed E-state index contributed by atoms with van der Waals surface area (Å²) in [6.45, 7) is 1.95. The van der Waals surface area contributed by atoms with E-state index in [4.69, 9.17) is 0 Å². The fourth-order valence-corrected chi connectivity index (χ4v) is 3.11. The first-order valence-electron chi connectivity index (χ1n) is 8.03. The summed E-state index contributed by atoms with van der Waals surface area (Å²) in [4.78, 5) is 25.6. The third kappa shape index (κ3) is 6.79. The van der Waals surface area contributed by atoms with Crippen molar-refractivity contribution in [3.63, 3.8) is 0 Å². The van der Waals surface area contributed by atoms with Crippen molar-refractivity contribution in [2.45, 2.75) is 38.3 Å². The minimum atomic E-state index is 0. The number of carbonyl (C=O) groups excluding carboxylic acids is 2. The first-order valence-corrected chi connectivity index (χ1v) is 8.83. The van der Waals surface area contributed by atoms with Crippen LogP contribution in [0.1, 0.15) is 31.2 Å². The molecule has 7 heteroatoms. The Balaban J connectivity index is 0.00000288. The highest BCUT2D eigenvalue weighted by Crippen LogP contribution is 2.17. The summed E-state index contributed by atoms with van der Waals surface area (Å²) < 4.78 is 0.997. The second-order valence-electron chi connectivity index (χ2n) is 5.94. The van der Waals surface area contributed by atoms with E-state index in [9.17, 15) is 9.59 Å². The van der Waals surface area contributed by atoms with Crippen LogP contribution in [-0.4, -0.2) is 42.9 Å². The predicted molar refractivity (Wildman–Crippen MR) is 101 cm³/mol. The van der Waals surface area contributed by atoms with Crippen LogP contribution in [0.3, 0.4) is 0 Å². The molecule has 0 bridgehead atoms. The smallest absolute Gasteiger partial charge is 0.224 e. The molecule has 0 radical (unpaired) electrons. The Bertz CT molecular complexity index is 550. The van der Waals surface area contributed by atoms with Gasteiger partial charge in [0.15, 0.2) is 0 Å². The third-order valence-electron chi connectivity index (χ3n) is 4.05. The van der Waals surface area contributed by atoms with Crippen LogP contribution in [-0.2, 0) is 16.1 Å². The van der Waals surface area contributed by atoms with Crippen molar-refractivity contribution >= 4 is 40.2 Å². The van der Waals surface area contributed by atoms with E-state index < -0.39 is 0 Å². The van der Waals surface area contributed by atoms with Crippen molar-refractivity contribution in [1.82, 2.24) is 15.5 Å². The lowest BCUT2D eigenvalue weighted by Crippen LogP contribution is -2.35. The SMILES string of the molecule is CN(Cc1ccccc1Br)C(=O)CCNC(=O)CC1CCCN1.Cl. The maximum absolute atomic E-state index is 12.1. The minimum absolute atomic E-state index is 0. The van der Waals surface area contributed by atoms with E-state index in [1.165, 1.54) is 0 Å². The summed E-state index contributed by atoms with van der Waals surface area (Å²) in [5.41, 5.74) is 1.07. The van der Waals surface area contributed by atoms with Gasteiger partial charge in [-0.1, -0.05) is 34.1 Å². The standard InChI is InChI=1S/C17H24BrN3O2.ClH/c1-21(12-13-5-2-3-7-15(13)18)17(23)8-10-20-16(22)11-14-6-4-9-19-14;/h2-3,5,7,14,19H,4,6,8-12H2,1H3,(H,20,22);1H. The van der Waals surface area contributed by atoms with Crippen molar-refractivity contribution in [3.8, 4) is 0 Å². The Labute approximate surface area is 158 Å². The van der Waals surface area contributed by atoms with E-state index in [1.54, 1.807) is 11.9 Å². The Kier molecular flexibility index (Phi) is 9.33. The number of hydrogen-bond donors (Lipinski definition) is 2. The van der Waals surface area contributed by atoms with Crippen molar-refractivity contribution in [2.75, 3.05) is 20.1 Å². The largest absolute Gasteiger partial charge is 0.356 e. The van der Waals surface area contributed by atoms with E-state index in [-0.39, 0.29) is 24.2 Å². The number of nitrogens with zero attached hydrogens (tertiary/aromatic N) is 1. The number of benzene rings is 1. The lowest BCUT2D eigenvalue weighted by molar-refractivity contribution is -0.130. The van der Waals surface area contributed by atoms with Gasteiger partial charge in [0.2, 0.25) is 11.8 Å². The zero-order valence-electron chi connectivity index (χ0n) is 13.9. The summed E-state index contributed by atoms with van der Waals surface area (Å²) in [5, 5.41) is 6.13. The molecule has 2 N–H and O–H groups in total. The average molecular weight is 419 g/mol. The normalized spacial score (nSPS) is 16.3. The molecule has 2 amide bonds. The highest BCUT2D eigenvalue weighted by molar-refractivity contribution is 9.10. The van der Waals surface area contributed by atoms with Crippen molar-refractivity contribution < 1.29 is 9.59 Å². The summed E-state index contributed by atoms with van der Waals surface area (Å²) in [6, 6.07) is 8.15. The molecule has 1 aliphatic rings. The molecule has 1 unspecified atom stereocenters.